The number of halogens is 2. The minimum Gasteiger partial charge on any atom is -0.328 e. The van der Waals surface area contributed by atoms with Gasteiger partial charge in [-0.05, 0) is 62.2 Å². The standard InChI is InChI=1S/C17H33F2N/c1-11(10-18)7-17(19)13(3)12(2)8-15-5-6-16(9-15)14(4)20/h11-17H,5-10,20H2,1-4H3. The van der Waals surface area contributed by atoms with E-state index in [0.29, 0.717) is 24.2 Å². The minimum atomic E-state index is -0.874. The van der Waals surface area contributed by atoms with E-state index in [0.717, 1.165) is 6.42 Å². The van der Waals surface area contributed by atoms with Gasteiger partial charge in [-0.3, -0.25) is 4.39 Å². The van der Waals surface area contributed by atoms with Crippen LogP contribution in [0.1, 0.15) is 59.8 Å². The first-order chi connectivity index (χ1) is 9.35. The Morgan fingerprint density at radius 3 is 2.30 bits per heavy atom. The SMILES string of the molecule is CC(CF)CC(F)C(C)C(C)CC1CCC(C(C)N)C1. The molecule has 0 bridgehead atoms. The van der Waals surface area contributed by atoms with Crippen molar-refractivity contribution in [1.29, 1.82) is 0 Å². The van der Waals surface area contributed by atoms with E-state index >= 15 is 0 Å². The van der Waals surface area contributed by atoms with Crippen LogP contribution in [0.25, 0.3) is 0 Å². The predicted octanol–water partition coefficient (Wildman–Crippen LogP) is 4.75. The third kappa shape index (κ3) is 5.31. The molecule has 0 amide bonds. The molecule has 3 heteroatoms. The molecule has 0 aromatic heterocycles. The van der Waals surface area contributed by atoms with Gasteiger partial charge in [-0.15, -0.1) is 0 Å². The lowest BCUT2D eigenvalue weighted by Crippen LogP contribution is -2.26. The molecule has 7 atom stereocenters. The van der Waals surface area contributed by atoms with Crippen molar-refractivity contribution in [2.75, 3.05) is 6.67 Å². The van der Waals surface area contributed by atoms with Gasteiger partial charge in [0.2, 0.25) is 0 Å². The monoisotopic (exact) mass is 289 g/mol. The van der Waals surface area contributed by atoms with E-state index in [1.54, 1.807) is 6.92 Å². The maximum absolute atomic E-state index is 14.2. The van der Waals surface area contributed by atoms with E-state index in [9.17, 15) is 8.78 Å². The zero-order valence-electron chi connectivity index (χ0n) is 13.6. The van der Waals surface area contributed by atoms with Crippen LogP contribution in [0.2, 0.25) is 0 Å². The van der Waals surface area contributed by atoms with E-state index < -0.39 is 12.8 Å². The van der Waals surface area contributed by atoms with Gasteiger partial charge in [0.15, 0.2) is 0 Å². The van der Waals surface area contributed by atoms with Crippen LogP contribution in [0.15, 0.2) is 0 Å². The lowest BCUT2D eigenvalue weighted by atomic mass is 9.81. The Morgan fingerprint density at radius 2 is 1.80 bits per heavy atom. The second kappa shape index (κ2) is 8.31. The van der Waals surface area contributed by atoms with E-state index in [1.807, 2.05) is 6.92 Å². The first-order valence-electron chi connectivity index (χ1n) is 8.30. The molecule has 1 aliphatic rings. The molecule has 120 valence electrons. The predicted molar refractivity (Wildman–Crippen MR) is 82.1 cm³/mol. The van der Waals surface area contributed by atoms with Gasteiger partial charge < -0.3 is 5.73 Å². The highest BCUT2D eigenvalue weighted by molar-refractivity contribution is 4.83. The lowest BCUT2D eigenvalue weighted by Gasteiger charge is -2.27. The molecule has 1 saturated carbocycles. The number of rotatable bonds is 8. The summed E-state index contributed by atoms with van der Waals surface area (Å²) in [5.74, 6) is 1.59. The van der Waals surface area contributed by atoms with Crippen LogP contribution in [0.5, 0.6) is 0 Å². The first-order valence-corrected chi connectivity index (χ1v) is 8.30. The molecule has 20 heavy (non-hydrogen) atoms. The van der Waals surface area contributed by atoms with Gasteiger partial charge in [0, 0.05) is 6.04 Å². The molecule has 1 rings (SSSR count). The van der Waals surface area contributed by atoms with Crippen molar-refractivity contribution in [2.45, 2.75) is 72.0 Å². The summed E-state index contributed by atoms with van der Waals surface area (Å²) in [7, 11) is 0. The zero-order chi connectivity index (χ0) is 15.3. The molecular formula is C17H33F2N. The second-order valence-electron chi connectivity index (χ2n) is 7.38. The summed E-state index contributed by atoms with van der Waals surface area (Å²) in [6.07, 6.45) is 4.24. The van der Waals surface area contributed by atoms with Gasteiger partial charge in [-0.1, -0.05) is 27.2 Å². The van der Waals surface area contributed by atoms with Crippen molar-refractivity contribution < 1.29 is 8.78 Å². The highest BCUT2D eigenvalue weighted by atomic mass is 19.1. The Labute approximate surface area is 123 Å². The number of alkyl halides is 2. The van der Waals surface area contributed by atoms with Crippen LogP contribution in [0, 0.1) is 29.6 Å². The molecule has 0 aliphatic heterocycles. The summed E-state index contributed by atoms with van der Waals surface area (Å²) in [5.41, 5.74) is 5.97. The van der Waals surface area contributed by atoms with Gasteiger partial charge in [-0.25, -0.2) is 4.39 Å². The van der Waals surface area contributed by atoms with Crippen LogP contribution < -0.4 is 5.73 Å². The molecule has 2 N–H and O–H groups in total. The lowest BCUT2D eigenvalue weighted by molar-refractivity contribution is 0.136. The Hall–Kier alpha value is -0.180. The summed E-state index contributed by atoms with van der Waals surface area (Å²) >= 11 is 0. The summed E-state index contributed by atoms with van der Waals surface area (Å²) in [6, 6.07) is 0.284. The van der Waals surface area contributed by atoms with Gasteiger partial charge in [0.1, 0.15) is 6.17 Å². The maximum atomic E-state index is 14.2. The molecule has 7 unspecified atom stereocenters. The van der Waals surface area contributed by atoms with E-state index in [4.69, 9.17) is 5.73 Å². The largest absolute Gasteiger partial charge is 0.328 e. The maximum Gasteiger partial charge on any atom is 0.103 e. The molecule has 0 heterocycles. The van der Waals surface area contributed by atoms with Crippen molar-refractivity contribution in [3.05, 3.63) is 0 Å². The molecule has 0 radical (unpaired) electrons. The number of nitrogens with two attached hydrogens (primary N) is 1. The topological polar surface area (TPSA) is 26.0 Å². The Balaban J connectivity index is 2.36. The third-order valence-corrected chi connectivity index (χ3v) is 5.39. The summed E-state index contributed by atoms with van der Waals surface area (Å²) in [5, 5.41) is 0. The summed E-state index contributed by atoms with van der Waals surface area (Å²) in [6.45, 7) is 7.60. The molecule has 0 aromatic rings. The van der Waals surface area contributed by atoms with Crippen molar-refractivity contribution in [3.63, 3.8) is 0 Å². The van der Waals surface area contributed by atoms with Gasteiger partial charge in [-0.2, -0.15) is 0 Å². The van der Waals surface area contributed by atoms with Crippen molar-refractivity contribution in [3.8, 4) is 0 Å². The summed E-state index contributed by atoms with van der Waals surface area (Å²) < 4.78 is 26.7. The quantitative estimate of drug-likeness (QED) is 0.686. The Bertz CT molecular complexity index is 270. The zero-order valence-corrected chi connectivity index (χ0v) is 13.6. The van der Waals surface area contributed by atoms with Crippen LogP contribution >= 0.6 is 0 Å². The first kappa shape index (κ1) is 17.9. The fourth-order valence-corrected chi connectivity index (χ4v) is 3.56. The molecule has 1 aliphatic carbocycles. The average Bonchev–Trinajstić information content (AvgIpc) is 2.86. The Kier molecular flexibility index (Phi) is 7.42. The van der Waals surface area contributed by atoms with E-state index in [2.05, 4.69) is 13.8 Å². The van der Waals surface area contributed by atoms with Crippen LogP contribution in [-0.4, -0.2) is 18.9 Å². The van der Waals surface area contributed by atoms with Crippen molar-refractivity contribution in [1.82, 2.24) is 0 Å². The highest BCUT2D eigenvalue weighted by Gasteiger charge is 2.31. The third-order valence-electron chi connectivity index (χ3n) is 5.39. The minimum absolute atomic E-state index is 0.0262. The molecular weight excluding hydrogens is 256 g/mol. The molecule has 0 spiro atoms. The smallest absolute Gasteiger partial charge is 0.103 e. The van der Waals surface area contributed by atoms with Crippen LogP contribution in [-0.2, 0) is 0 Å². The van der Waals surface area contributed by atoms with E-state index in [1.165, 1.54) is 19.3 Å². The number of hydrogen-bond acceptors (Lipinski definition) is 1. The number of hydrogen-bond donors (Lipinski definition) is 1. The molecule has 1 nitrogen and oxygen atoms in total. The van der Waals surface area contributed by atoms with Crippen molar-refractivity contribution in [2.24, 2.45) is 35.3 Å². The highest BCUT2D eigenvalue weighted by Crippen LogP contribution is 2.38. The fourth-order valence-electron chi connectivity index (χ4n) is 3.56. The average molecular weight is 289 g/mol. The normalized spacial score (nSPS) is 30.8. The molecule has 0 aromatic carbocycles. The molecule has 1 fully saturated rings. The van der Waals surface area contributed by atoms with Gasteiger partial charge in [0.05, 0.1) is 6.67 Å². The molecule has 0 saturated heterocycles. The summed E-state index contributed by atoms with van der Waals surface area (Å²) in [4.78, 5) is 0. The second-order valence-corrected chi connectivity index (χ2v) is 7.38. The Morgan fingerprint density at radius 1 is 1.15 bits per heavy atom. The fraction of sp³-hybridized carbons (Fsp3) is 1.00. The van der Waals surface area contributed by atoms with Crippen molar-refractivity contribution >= 4 is 0 Å². The van der Waals surface area contributed by atoms with Gasteiger partial charge in [0.25, 0.3) is 0 Å². The van der Waals surface area contributed by atoms with E-state index in [-0.39, 0.29) is 17.9 Å². The van der Waals surface area contributed by atoms with Gasteiger partial charge >= 0.3 is 0 Å². The van der Waals surface area contributed by atoms with Crippen LogP contribution in [0.3, 0.4) is 0 Å². The van der Waals surface area contributed by atoms with Crippen LogP contribution in [0.4, 0.5) is 8.78 Å².